The highest BCUT2D eigenvalue weighted by molar-refractivity contribution is 7.91. The van der Waals surface area contributed by atoms with Crippen LogP contribution in [0.3, 0.4) is 0 Å². The monoisotopic (exact) mass is 496 g/mol. The Balaban J connectivity index is 1.51. The van der Waals surface area contributed by atoms with Gasteiger partial charge in [0.2, 0.25) is 0 Å². The molecule has 1 saturated heterocycles. The van der Waals surface area contributed by atoms with E-state index in [9.17, 15) is 13.2 Å². The maximum absolute atomic E-state index is 12.7. The molecule has 4 rings (SSSR count). The Kier molecular flexibility index (Phi) is 6.79. The first-order chi connectivity index (χ1) is 16.6. The van der Waals surface area contributed by atoms with Crippen LogP contribution in [-0.4, -0.2) is 56.6 Å². The van der Waals surface area contributed by atoms with Crippen LogP contribution < -0.4 is 19.5 Å². The van der Waals surface area contributed by atoms with Crippen LogP contribution in [0.4, 0.5) is 5.69 Å². The van der Waals surface area contributed by atoms with E-state index in [1.54, 1.807) is 55.5 Å². The van der Waals surface area contributed by atoms with Crippen molar-refractivity contribution in [2.75, 3.05) is 23.9 Å². The largest absolute Gasteiger partial charge is 0.490 e. The van der Waals surface area contributed by atoms with Gasteiger partial charge in [0.1, 0.15) is 17.7 Å². The summed E-state index contributed by atoms with van der Waals surface area (Å²) >= 11 is 0. The molecule has 2 aromatic rings. The molecule has 10 nitrogen and oxygen atoms in total. The Labute approximate surface area is 204 Å². The van der Waals surface area contributed by atoms with E-state index in [1.165, 1.54) is 0 Å². The highest BCUT2D eigenvalue weighted by Crippen LogP contribution is 2.31. The summed E-state index contributed by atoms with van der Waals surface area (Å²) in [5.41, 5.74) is 7.36. The van der Waals surface area contributed by atoms with Crippen molar-refractivity contribution < 1.29 is 17.9 Å². The lowest BCUT2D eigenvalue weighted by atomic mass is 10.1. The number of nitrogens with two attached hydrogens (primary N) is 1. The van der Waals surface area contributed by atoms with E-state index in [1.807, 2.05) is 11.0 Å². The van der Waals surface area contributed by atoms with E-state index < -0.39 is 16.1 Å². The lowest BCUT2D eigenvalue weighted by Gasteiger charge is -2.33. The first kappa shape index (κ1) is 24.3. The second kappa shape index (κ2) is 9.79. The quantitative estimate of drug-likeness (QED) is 0.356. The molecular weight excluding hydrogens is 468 g/mol. The van der Waals surface area contributed by atoms with Crippen molar-refractivity contribution >= 4 is 39.6 Å². The molecule has 0 aromatic heterocycles. The minimum Gasteiger partial charge on any atom is -0.490 e. The van der Waals surface area contributed by atoms with Gasteiger partial charge in [-0.15, -0.1) is 0 Å². The summed E-state index contributed by atoms with van der Waals surface area (Å²) in [7, 11) is -4.05. The fourth-order valence-electron chi connectivity index (χ4n) is 4.14. The molecule has 0 bridgehead atoms. The first-order valence-electron chi connectivity index (χ1n) is 11.2. The number of amidine groups is 2. The molecule has 2 heterocycles. The van der Waals surface area contributed by atoms with Gasteiger partial charge in [-0.05, 0) is 36.8 Å². The number of hydrogen-bond donors (Lipinski definition) is 4. The number of rotatable bonds is 6. The number of piperidine rings is 1. The average molecular weight is 497 g/mol. The fraction of sp³-hybridized carbons (Fsp3) is 0.292. The Hall–Kier alpha value is -3.86. The van der Waals surface area contributed by atoms with Crippen molar-refractivity contribution in [3.8, 4) is 5.75 Å². The zero-order valence-corrected chi connectivity index (χ0v) is 20.1. The number of carbonyl (C=O) groups excluding carboxylic acids is 1. The molecule has 35 heavy (non-hydrogen) atoms. The van der Waals surface area contributed by atoms with Crippen LogP contribution in [-0.2, 0) is 10.2 Å². The van der Waals surface area contributed by atoms with Gasteiger partial charge in [-0.2, -0.15) is 8.42 Å². The highest BCUT2D eigenvalue weighted by Gasteiger charge is 2.34. The Bertz CT molecular complexity index is 1300. The number of nitrogen functional groups attached to an aromatic ring is 1. The second-order valence-corrected chi connectivity index (χ2v) is 10.1. The van der Waals surface area contributed by atoms with E-state index >= 15 is 0 Å². The average Bonchev–Trinajstić information content (AvgIpc) is 2.81. The SMILES string of the molecule is CC(=N)N1CCC(Oc2ccc3c(c2)C(=O)NS(=O)(=O)N3C/C=C/c2cccc(C(=N)N)c2)CC1. The number of nitrogens with one attached hydrogen (secondary N) is 3. The van der Waals surface area contributed by atoms with Crippen LogP contribution in [0.15, 0.2) is 48.5 Å². The van der Waals surface area contributed by atoms with Crippen LogP contribution in [0.1, 0.15) is 41.3 Å². The van der Waals surface area contributed by atoms with E-state index in [4.69, 9.17) is 21.3 Å². The van der Waals surface area contributed by atoms with Crippen LogP contribution in [0.2, 0.25) is 0 Å². The van der Waals surface area contributed by atoms with E-state index in [2.05, 4.69) is 4.72 Å². The normalized spacial score (nSPS) is 17.7. The van der Waals surface area contributed by atoms with Gasteiger partial charge in [0.15, 0.2) is 0 Å². The van der Waals surface area contributed by atoms with Crippen molar-refractivity contribution in [3.63, 3.8) is 0 Å². The Morgan fingerprint density at radius 2 is 1.94 bits per heavy atom. The molecule has 2 aromatic carbocycles. The molecule has 0 atom stereocenters. The predicted molar refractivity (Wildman–Crippen MR) is 135 cm³/mol. The lowest BCUT2D eigenvalue weighted by molar-refractivity contribution is 0.0977. The standard InChI is InChI=1S/C24H28N6O4S/c1-16(25)29-12-9-19(10-13-29)34-20-7-8-22-21(15-20)24(31)28-35(32,33)30(22)11-3-5-17-4-2-6-18(14-17)23(26)27/h2-8,14-15,19,25H,9-13H2,1H3,(H3,26,27)(H,28,31)/b5-3+,25-16?. The van der Waals surface area contributed by atoms with Gasteiger partial charge >= 0.3 is 10.2 Å². The van der Waals surface area contributed by atoms with E-state index in [-0.39, 0.29) is 29.7 Å². The summed E-state index contributed by atoms with van der Waals surface area (Å²) in [4.78, 5) is 14.5. The number of amides is 1. The van der Waals surface area contributed by atoms with Gasteiger partial charge in [-0.1, -0.05) is 30.4 Å². The summed E-state index contributed by atoms with van der Waals surface area (Å²) in [6.07, 6.45) is 4.88. The summed E-state index contributed by atoms with van der Waals surface area (Å²) in [6.45, 7) is 3.24. The topological polar surface area (TPSA) is 153 Å². The second-order valence-electron chi connectivity index (χ2n) is 8.48. The van der Waals surface area contributed by atoms with Gasteiger partial charge in [-0.3, -0.25) is 15.6 Å². The van der Waals surface area contributed by atoms with Gasteiger partial charge in [-0.25, -0.2) is 9.03 Å². The number of likely N-dealkylation sites (tertiary alicyclic amines) is 1. The van der Waals surface area contributed by atoms with Gasteiger partial charge in [0.25, 0.3) is 5.91 Å². The third kappa shape index (κ3) is 5.46. The molecule has 0 aliphatic carbocycles. The molecular formula is C24H28N6O4S. The predicted octanol–water partition coefficient (Wildman–Crippen LogP) is 2.32. The molecule has 0 spiro atoms. The van der Waals surface area contributed by atoms with Crippen LogP contribution >= 0.6 is 0 Å². The van der Waals surface area contributed by atoms with E-state index in [0.717, 1.165) is 35.8 Å². The first-order valence-corrected chi connectivity index (χ1v) is 12.6. The third-order valence-corrected chi connectivity index (χ3v) is 7.36. The van der Waals surface area contributed by atoms with Crippen molar-refractivity contribution in [2.45, 2.75) is 25.9 Å². The molecule has 5 N–H and O–H groups in total. The molecule has 184 valence electrons. The number of ether oxygens (including phenoxy) is 1. The summed E-state index contributed by atoms with van der Waals surface area (Å²) in [5.74, 6) is 0.286. The summed E-state index contributed by atoms with van der Waals surface area (Å²) in [6, 6.07) is 11.9. The fourth-order valence-corrected chi connectivity index (χ4v) is 5.29. The molecule has 0 radical (unpaired) electrons. The Morgan fingerprint density at radius 1 is 1.20 bits per heavy atom. The van der Waals surface area contributed by atoms with Crippen LogP contribution in [0.5, 0.6) is 5.75 Å². The summed E-state index contributed by atoms with van der Waals surface area (Å²) < 4.78 is 34.7. The molecule has 1 fully saturated rings. The number of nitrogens with zero attached hydrogens (tertiary/aromatic N) is 2. The zero-order valence-electron chi connectivity index (χ0n) is 19.3. The number of carbonyl (C=O) groups is 1. The van der Waals surface area contributed by atoms with Gasteiger partial charge in [0.05, 0.1) is 23.6 Å². The molecule has 2 aliphatic rings. The zero-order chi connectivity index (χ0) is 25.2. The van der Waals surface area contributed by atoms with Gasteiger partial charge < -0.3 is 15.4 Å². The molecule has 2 aliphatic heterocycles. The number of fused-ring (bicyclic) bond motifs is 1. The number of benzene rings is 2. The van der Waals surface area contributed by atoms with E-state index in [0.29, 0.717) is 17.1 Å². The molecule has 11 heteroatoms. The summed E-state index contributed by atoms with van der Waals surface area (Å²) in [5, 5.41) is 15.3. The maximum atomic E-state index is 12.7. The minimum absolute atomic E-state index is 0.00154. The highest BCUT2D eigenvalue weighted by atomic mass is 32.2. The lowest BCUT2D eigenvalue weighted by Crippen LogP contribution is -2.48. The molecule has 0 saturated carbocycles. The van der Waals surface area contributed by atoms with Crippen molar-refractivity contribution in [1.29, 1.82) is 10.8 Å². The smallest absolute Gasteiger partial charge is 0.326 e. The third-order valence-electron chi connectivity index (χ3n) is 5.99. The minimum atomic E-state index is -4.05. The van der Waals surface area contributed by atoms with Crippen molar-refractivity contribution in [1.82, 2.24) is 9.62 Å². The molecule has 0 unspecified atom stereocenters. The maximum Gasteiger partial charge on any atom is 0.326 e. The van der Waals surface area contributed by atoms with Crippen molar-refractivity contribution in [3.05, 3.63) is 65.2 Å². The van der Waals surface area contributed by atoms with Crippen molar-refractivity contribution in [2.24, 2.45) is 5.73 Å². The van der Waals surface area contributed by atoms with Gasteiger partial charge in [0, 0.05) is 31.5 Å². The number of hydrogen-bond acceptors (Lipinski definition) is 6. The number of anilines is 1. The van der Waals surface area contributed by atoms with Crippen LogP contribution in [0.25, 0.3) is 6.08 Å². The Morgan fingerprint density at radius 3 is 2.63 bits per heavy atom. The van der Waals surface area contributed by atoms with Crippen LogP contribution in [0, 0.1) is 10.8 Å². The molecule has 1 amide bonds.